The van der Waals surface area contributed by atoms with Crippen molar-refractivity contribution >= 4 is 17.2 Å². The molecular weight excluding hydrogens is 232 g/mol. The van der Waals surface area contributed by atoms with Crippen LogP contribution in [0.3, 0.4) is 0 Å². The van der Waals surface area contributed by atoms with E-state index in [1.807, 2.05) is 11.9 Å². The van der Waals surface area contributed by atoms with E-state index in [4.69, 9.17) is 0 Å². The summed E-state index contributed by atoms with van der Waals surface area (Å²) >= 11 is 1.68. The molecule has 0 spiro atoms. The Labute approximate surface area is 107 Å². The molecule has 17 heavy (non-hydrogen) atoms. The number of amides is 1. The predicted molar refractivity (Wildman–Crippen MR) is 71.3 cm³/mol. The van der Waals surface area contributed by atoms with Crippen LogP contribution in [0.1, 0.15) is 37.3 Å². The van der Waals surface area contributed by atoms with E-state index in [-0.39, 0.29) is 17.5 Å². The number of hydrogen-bond donors (Lipinski definition) is 1. The molecular formula is C13H20N2OS. The van der Waals surface area contributed by atoms with E-state index in [0.717, 1.165) is 13.0 Å². The normalized spacial score (nSPS) is 21.3. The zero-order valence-corrected chi connectivity index (χ0v) is 11.7. The quantitative estimate of drug-likeness (QED) is 0.831. The molecule has 1 N–H and O–H groups in total. The average Bonchev–Trinajstić information content (AvgIpc) is 2.61. The molecule has 0 saturated heterocycles. The number of rotatable bonds is 1. The van der Waals surface area contributed by atoms with Crippen LogP contribution in [0.2, 0.25) is 0 Å². The Morgan fingerprint density at radius 3 is 2.76 bits per heavy atom. The third-order valence-electron chi connectivity index (χ3n) is 3.26. The van der Waals surface area contributed by atoms with Gasteiger partial charge in [-0.15, -0.1) is 11.3 Å². The van der Waals surface area contributed by atoms with Crippen molar-refractivity contribution in [3.63, 3.8) is 0 Å². The molecule has 1 atom stereocenters. The van der Waals surface area contributed by atoms with E-state index >= 15 is 0 Å². The molecule has 2 rings (SSSR count). The van der Waals surface area contributed by atoms with E-state index in [2.05, 4.69) is 37.5 Å². The molecule has 0 aliphatic carbocycles. The molecule has 3 nitrogen and oxygen atoms in total. The van der Waals surface area contributed by atoms with Crippen LogP contribution in [0.15, 0.2) is 11.4 Å². The summed E-state index contributed by atoms with van der Waals surface area (Å²) in [5.41, 5.74) is 1.20. The van der Waals surface area contributed by atoms with Crippen LogP contribution in [0, 0.1) is 0 Å². The van der Waals surface area contributed by atoms with Gasteiger partial charge in [-0.05, 0) is 51.2 Å². The number of nitrogens with zero attached hydrogens (tertiary/aromatic N) is 1. The maximum Gasteiger partial charge on any atom is 0.245 e. The number of nitrogens with one attached hydrogen (secondary N) is 1. The highest BCUT2D eigenvalue weighted by atomic mass is 32.1. The van der Waals surface area contributed by atoms with Crippen molar-refractivity contribution < 1.29 is 4.79 Å². The highest BCUT2D eigenvalue weighted by molar-refractivity contribution is 7.10. The first-order valence-corrected chi connectivity index (χ1v) is 6.88. The first-order valence-electron chi connectivity index (χ1n) is 6.00. The maximum atomic E-state index is 12.6. The maximum absolute atomic E-state index is 12.6. The van der Waals surface area contributed by atoms with Crippen molar-refractivity contribution in [1.82, 2.24) is 10.2 Å². The number of fused-ring (bicyclic) bond motifs is 1. The molecule has 0 aromatic carbocycles. The lowest BCUT2D eigenvalue weighted by atomic mass is 10.0. The van der Waals surface area contributed by atoms with Crippen LogP contribution < -0.4 is 5.32 Å². The Morgan fingerprint density at radius 1 is 1.47 bits per heavy atom. The molecule has 1 unspecified atom stereocenters. The van der Waals surface area contributed by atoms with Crippen molar-refractivity contribution in [3.8, 4) is 0 Å². The standard InChI is InChI=1S/C13H20N2OS/c1-13(2,3)15-7-5-9-6-8-17-11(9)10(14-4)12(15)16/h6,8,10,14H,5,7H2,1-4H3. The van der Waals surface area contributed by atoms with Crippen LogP contribution in [-0.4, -0.2) is 29.9 Å². The van der Waals surface area contributed by atoms with Crippen LogP contribution in [0.5, 0.6) is 0 Å². The minimum Gasteiger partial charge on any atom is -0.336 e. The zero-order valence-electron chi connectivity index (χ0n) is 10.9. The lowest BCUT2D eigenvalue weighted by Gasteiger charge is -2.36. The molecule has 4 heteroatoms. The molecule has 2 heterocycles. The number of carbonyl (C=O) groups excluding carboxylic acids is 1. The monoisotopic (exact) mass is 252 g/mol. The van der Waals surface area contributed by atoms with Gasteiger partial charge in [0.2, 0.25) is 5.91 Å². The Kier molecular flexibility index (Phi) is 3.27. The summed E-state index contributed by atoms with van der Waals surface area (Å²) < 4.78 is 0. The van der Waals surface area contributed by atoms with E-state index in [0.29, 0.717) is 0 Å². The molecule has 1 amide bonds. The van der Waals surface area contributed by atoms with Gasteiger partial charge in [0, 0.05) is 17.0 Å². The van der Waals surface area contributed by atoms with E-state index in [1.165, 1.54) is 10.4 Å². The Balaban J connectivity index is 2.38. The Bertz CT molecular complexity index is 419. The fourth-order valence-electron chi connectivity index (χ4n) is 2.34. The van der Waals surface area contributed by atoms with Gasteiger partial charge in [-0.3, -0.25) is 4.79 Å². The minimum absolute atomic E-state index is 0.111. The molecule has 0 radical (unpaired) electrons. The van der Waals surface area contributed by atoms with Gasteiger partial charge >= 0.3 is 0 Å². The Hall–Kier alpha value is -0.870. The van der Waals surface area contributed by atoms with Crippen LogP contribution in [0.4, 0.5) is 0 Å². The fourth-order valence-corrected chi connectivity index (χ4v) is 3.39. The van der Waals surface area contributed by atoms with Gasteiger partial charge < -0.3 is 10.2 Å². The van der Waals surface area contributed by atoms with Gasteiger partial charge in [-0.2, -0.15) is 0 Å². The van der Waals surface area contributed by atoms with Crippen molar-refractivity contribution in [2.45, 2.75) is 38.8 Å². The van der Waals surface area contributed by atoms with Gasteiger partial charge in [-0.1, -0.05) is 0 Å². The predicted octanol–water partition coefficient (Wildman–Crippen LogP) is 2.19. The van der Waals surface area contributed by atoms with Crippen molar-refractivity contribution in [2.75, 3.05) is 13.6 Å². The second-order valence-corrected chi connectivity index (χ2v) is 6.39. The molecule has 1 aliphatic rings. The summed E-state index contributed by atoms with van der Waals surface area (Å²) in [6.07, 6.45) is 0.958. The summed E-state index contributed by atoms with van der Waals surface area (Å²) in [4.78, 5) is 15.7. The molecule has 1 aromatic rings. The molecule has 0 fully saturated rings. The minimum atomic E-state index is -0.174. The van der Waals surface area contributed by atoms with Crippen molar-refractivity contribution in [3.05, 3.63) is 21.9 Å². The topological polar surface area (TPSA) is 32.3 Å². The van der Waals surface area contributed by atoms with Crippen LogP contribution >= 0.6 is 11.3 Å². The second kappa shape index (κ2) is 4.42. The number of thiophene rings is 1. The van der Waals surface area contributed by atoms with Gasteiger partial charge in [-0.25, -0.2) is 0 Å². The number of carbonyl (C=O) groups is 1. The number of hydrogen-bond acceptors (Lipinski definition) is 3. The molecule has 1 aromatic heterocycles. The van der Waals surface area contributed by atoms with Gasteiger partial charge in [0.1, 0.15) is 6.04 Å². The van der Waals surface area contributed by atoms with Crippen molar-refractivity contribution in [1.29, 1.82) is 0 Å². The second-order valence-electron chi connectivity index (χ2n) is 5.44. The van der Waals surface area contributed by atoms with Gasteiger partial charge in [0.25, 0.3) is 0 Å². The summed E-state index contributed by atoms with van der Waals surface area (Å²) in [5, 5.41) is 5.24. The molecule has 0 bridgehead atoms. The third kappa shape index (κ3) is 2.24. The third-order valence-corrected chi connectivity index (χ3v) is 4.28. The van der Waals surface area contributed by atoms with Crippen LogP contribution in [0.25, 0.3) is 0 Å². The Morgan fingerprint density at radius 2 is 2.18 bits per heavy atom. The SMILES string of the molecule is CNC1C(=O)N(C(C)(C)C)CCc2ccsc21. The van der Waals surface area contributed by atoms with E-state index in [9.17, 15) is 4.79 Å². The summed E-state index contributed by atoms with van der Waals surface area (Å²) in [7, 11) is 1.86. The molecule has 0 saturated carbocycles. The number of likely N-dealkylation sites (N-methyl/N-ethyl adjacent to an activating group) is 1. The molecule has 1 aliphatic heterocycles. The zero-order chi connectivity index (χ0) is 12.6. The summed E-state index contributed by atoms with van der Waals surface area (Å²) in [5.74, 6) is 0.196. The average molecular weight is 252 g/mol. The van der Waals surface area contributed by atoms with E-state index in [1.54, 1.807) is 11.3 Å². The highest BCUT2D eigenvalue weighted by Gasteiger charge is 2.35. The lowest BCUT2D eigenvalue weighted by molar-refractivity contribution is -0.137. The first-order chi connectivity index (χ1) is 7.95. The lowest BCUT2D eigenvalue weighted by Crippen LogP contribution is -2.49. The fraction of sp³-hybridized carbons (Fsp3) is 0.615. The van der Waals surface area contributed by atoms with Gasteiger partial charge in [0.05, 0.1) is 0 Å². The smallest absolute Gasteiger partial charge is 0.245 e. The summed E-state index contributed by atoms with van der Waals surface area (Å²) in [6.45, 7) is 7.09. The van der Waals surface area contributed by atoms with E-state index < -0.39 is 0 Å². The van der Waals surface area contributed by atoms with Crippen LogP contribution in [-0.2, 0) is 11.2 Å². The first kappa shape index (κ1) is 12.6. The van der Waals surface area contributed by atoms with Gasteiger partial charge in [0.15, 0.2) is 0 Å². The largest absolute Gasteiger partial charge is 0.336 e. The summed E-state index contributed by atoms with van der Waals surface area (Å²) in [6, 6.07) is 1.97. The molecule has 94 valence electrons. The highest BCUT2D eigenvalue weighted by Crippen LogP contribution is 2.31. The van der Waals surface area contributed by atoms with Crippen molar-refractivity contribution in [2.24, 2.45) is 0 Å².